The molecule has 2 aromatic heterocycles. The molecule has 3 rings (SSSR count). The van der Waals surface area contributed by atoms with Crippen LogP contribution in [0.4, 0.5) is 5.69 Å². The number of rotatable bonds is 2. The Morgan fingerprint density at radius 3 is 2.89 bits per heavy atom. The number of oxazole rings is 1. The number of aromatic nitrogens is 1. The largest absolute Gasteiger partial charge is 0.459 e. The lowest BCUT2D eigenvalue weighted by molar-refractivity contribution is 0.0996. The number of hydrogen-bond acceptors (Lipinski definition) is 4. The van der Waals surface area contributed by atoms with E-state index in [9.17, 15) is 9.59 Å². The van der Waals surface area contributed by atoms with Crippen LogP contribution in [0.2, 0.25) is 0 Å². The van der Waals surface area contributed by atoms with Crippen molar-refractivity contribution in [1.82, 2.24) is 4.57 Å². The Hall–Kier alpha value is -2.76. The monoisotopic (exact) mass is 258 g/mol. The highest BCUT2D eigenvalue weighted by atomic mass is 16.4. The van der Waals surface area contributed by atoms with Gasteiger partial charge in [-0.1, -0.05) is 0 Å². The van der Waals surface area contributed by atoms with Crippen molar-refractivity contribution in [3.63, 3.8) is 0 Å². The van der Waals surface area contributed by atoms with Crippen LogP contribution in [0.1, 0.15) is 10.6 Å². The van der Waals surface area contributed by atoms with Crippen LogP contribution in [0.25, 0.3) is 11.1 Å². The van der Waals surface area contributed by atoms with Gasteiger partial charge in [-0.15, -0.1) is 0 Å². The van der Waals surface area contributed by atoms with Gasteiger partial charge in [-0.25, -0.2) is 4.79 Å². The second-order valence-corrected chi connectivity index (χ2v) is 4.04. The van der Waals surface area contributed by atoms with Crippen LogP contribution in [0.15, 0.2) is 50.2 Å². The molecule has 0 aliphatic carbocycles. The van der Waals surface area contributed by atoms with Gasteiger partial charge in [0.15, 0.2) is 11.3 Å². The molecule has 0 unspecified atom stereocenters. The van der Waals surface area contributed by atoms with Gasteiger partial charge in [0.1, 0.15) is 0 Å². The first-order valence-electron chi connectivity index (χ1n) is 5.59. The summed E-state index contributed by atoms with van der Waals surface area (Å²) in [6.07, 6.45) is 1.42. The molecule has 0 spiro atoms. The highest BCUT2D eigenvalue weighted by molar-refractivity contribution is 6.02. The zero-order valence-electron chi connectivity index (χ0n) is 10.0. The Labute approximate surface area is 107 Å². The summed E-state index contributed by atoms with van der Waals surface area (Å²) in [5, 5.41) is 2.66. The number of nitrogens with one attached hydrogen (secondary N) is 1. The first-order chi connectivity index (χ1) is 9.15. The van der Waals surface area contributed by atoms with Crippen LogP contribution in [0, 0.1) is 0 Å². The second kappa shape index (κ2) is 4.16. The van der Waals surface area contributed by atoms with E-state index in [0.29, 0.717) is 16.8 Å². The summed E-state index contributed by atoms with van der Waals surface area (Å²) < 4.78 is 11.4. The molecule has 0 saturated carbocycles. The second-order valence-electron chi connectivity index (χ2n) is 4.04. The van der Waals surface area contributed by atoms with Gasteiger partial charge >= 0.3 is 5.76 Å². The number of hydrogen-bond donors (Lipinski definition) is 1. The van der Waals surface area contributed by atoms with Crippen LogP contribution in [0.5, 0.6) is 0 Å². The van der Waals surface area contributed by atoms with Crippen molar-refractivity contribution in [3.05, 3.63) is 52.9 Å². The molecule has 0 aliphatic heterocycles. The molecule has 0 aliphatic rings. The standard InChI is InChI=1S/C13H10N2O4/c1-15-9-5-4-8(7-11(9)19-13(15)17)14-12(16)10-3-2-6-18-10/h2-7H,1H3,(H,14,16). The Morgan fingerprint density at radius 2 is 2.16 bits per heavy atom. The van der Waals surface area contributed by atoms with Crippen molar-refractivity contribution in [1.29, 1.82) is 0 Å². The van der Waals surface area contributed by atoms with Crippen molar-refractivity contribution in [2.45, 2.75) is 0 Å². The molecule has 6 heteroatoms. The van der Waals surface area contributed by atoms with Gasteiger partial charge in [-0.05, 0) is 24.3 Å². The topological polar surface area (TPSA) is 77.4 Å². The van der Waals surface area contributed by atoms with Crippen LogP contribution < -0.4 is 11.1 Å². The lowest BCUT2D eigenvalue weighted by Crippen LogP contribution is -2.10. The van der Waals surface area contributed by atoms with E-state index in [1.165, 1.54) is 10.8 Å². The fourth-order valence-corrected chi connectivity index (χ4v) is 1.81. The van der Waals surface area contributed by atoms with E-state index in [-0.39, 0.29) is 11.7 Å². The normalized spacial score (nSPS) is 10.8. The molecule has 3 aromatic rings. The van der Waals surface area contributed by atoms with Crippen LogP contribution in [-0.4, -0.2) is 10.5 Å². The average Bonchev–Trinajstić information content (AvgIpc) is 2.99. The molecule has 96 valence electrons. The number of anilines is 1. The molecule has 1 N–H and O–H groups in total. The summed E-state index contributed by atoms with van der Waals surface area (Å²) in [6, 6.07) is 8.19. The van der Waals surface area contributed by atoms with Gasteiger partial charge in [-0.2, -0.15) is 0 Å². The Morgan fingerprint density at radius 1 is 1.32 bits per heavy atom. The van der Waals surface area contributed by atoms with E-state index >= 15 is 0 Å². The summed E-state index contributed by atoms with van der Waals surface area (Å²) in [5.41, 5.74) is 1.62. The van der Waals surface area contributed by atoms with Gasteiger partial charge in [-0.3, -0.25) is 9.36 Å². The van der Waals surface area contributed by atoms with Crippen molar-refractivity contribution < 1.29 is 13.6 Å². The summed E-state index contributed by atoms with van der Waals surface area (Å²) in [7, 11) is 1.62. The van der Waals surface area contributed by atoms with Crippen molar-refractivity contribution in [2.24, 2.45) is 7.05 Å². The summed E-state index contributed by atoms with van der Waals surface area (Å²) in [5.74, 6) is -0.582. The third-order valence-electron chi connectivity index (χ3n) is 2.80. The zero-order chi connectivity index (χ0) is 13.4. The Balaban J connectivity index is 1.94. The van der Waals surface area contributed by atoms with E-state index in [1.807, 2.05) is 0 Å². The van der Waals surface area contributed by atoms with E-state index in [2.05, 4.69) is 5.32 Å². The average molecular weight is 258 g/mol. The van der Waals surface area contributed by atoms with E-state index < -0.39 is 5.76 Å². The smallest absolute Gasteiger partial charge is 0.419 e. The fourth-order valence-electron chi connectivity index (χ4n) is 1.81. The van der Waals surface area contributed by atoms with Crippen molar-refractivity contribution in [2.75, 3.05) is 5.32 Å². The van der Waals surface area contributed by atoms with Gasteiger partial charge < -0.3 is 14.2 Å². The van der Waals surface area contributed by atoms with Crippen LogP contribution in [0.3, 0.4) is 0 Å². The number of aryl methyl sites for hydroxylation is 1. The number of benzene rings is 1. The number of nitrogens with zero attached hydrogens (tertiary/aromatic N) is 1. The number of carbonyl (C=O) groups is 1. The van der Waals surface area contributed by atoms with E-state index in [0.717, 1.165) is 0 Å². The molecule has 0 fully saturated rings. The quantitative estimate of drug-likeness (QED) is 0.762. The predicted octanol–water partition coefficient (Wildman–Crippen LogP) is 1.98. The summed E-state index contributed by atoms with van der Waals surface area (Å²) in [4.78, 5) is 23.1. The number of carbonyl (C=O) groups excluding carboxylic acids is 1. The maximum Gasteiger partial charge on any atom is 0.419 e. The maximum atomic E-state index is 11.8. The van der Waals surface area contributed by atoms with Crippen LogP contribution >= 0.6 is 0 Å². The Kier molecular flexibility index (Phi) is 2.49. The van der Waals surface area contributed by atoms with Crippen molar-refractivity contribution >= 4 is 22.7 Å². The van der Waals surface area contributed by atoms with Gasteiger partial charge in [0.2, 0.25) is 0 Å². The van der Waals surface area contributed by atoms with E-state index in [1.54, 1.807) is 37.4 Å². The predicted molar refractivity (Wildman–Crippen MR) is 68.1 cm³/mol. The third-order valence-corrected chi connectivity index (χ3v) is 2.80. The summed E-state index contributed by atoms with van der Waals surface area (Å²) in [6.45, 7) is 0. The van der Waals surface area contributed by atoms with E-state index in [4.69, 9.17) is 8.83 Å². The van der Waals surface area contributed by atoms with Gasteiger partial charge in [0, 0.05) is 18.8 Å². The molecular formula is C13H10N2O4. The third kappa shape index (κ3) is 1.93. The molecule has 2 heterocycles. The number of fused-ring (bicyclic) bond motifs is 1. The minimum absolute atomic E-state index is 0.217. The first kappa shape index (κ1) is 11.3. The highest BCUT2D eigenvalue weighted by Crippen LogP contribution is 2.18. The number of furan rings is 1. The molecule has 6 nitrogen and oxygen atoms in total. The maximum absolute atomic E-state index is 11.8. The van der Waals surface area contributed by atoms with Gasteiger partial charge in [0.25, 0.3) is 5.91 Å². The Bertz CT molecular complexity index is 796. The number of amides is 1. The molecule has 1 amide bonds. The lowest BCUT2D eigenvalue weighted by Gasteiger charge is -2.02. The first-order valence-corrected chi connectivity index (χ1v) is 5.59. The highest BCUT2D eigenvalue weighted by Gasteiger charge is 2.11. The summed E-state index contributed by atoms with van der Waals surface area (Å²) >= 11 is 0. The van der Waals surface area contributed by atoms with Gasteiger partial charge in [0.05, 0.1) is 11.8 Å². The minimum Gasteiger partial charge on any atom is -0.459 e. The molecule has 19 heavy (non-hydrogen) atoms. The van der Waals surface area contributed by atoms with Crippen molar-refractivity contribution in [3.8, 4) is 0 Å². The molecule has 0 atom stereocenters. The lowest BCUT2D eigenvalue weighted by atomic mass is 10.2. The fraction of sp³-hybridized carbons (Fsp3) is 0.0769. The molecule has 0 radical (unpaired) electrons. The van der Waals surface area contributed by atoms with Crippen LogP contribution in [-0.2, 0) is 7.05 Å². The zero-order valence-corrected chi connectivity index (χ0v) is 10.0. The molecular weight excluding hydrogens is 248 g/mol. The minimum atomic E-state index is -0.440. The SMILES string of the molecule is Cn1c(=O)oc2cc(NC(=O)c3ccco3)ccc21. The molecule has 0 bridgehead atoms. The molecule has 1 aromatic carbocycles. The molecule has 0 saturated heterocycles.